The van der Waals surface area contributed by atoms with Gasteiger partial charge < -0.3 is 15.2 Å². The van der Waals surface area contributed by atoms with Gasteiger partial charge in [-0.1, -0.05) is 24.3 Å². The zero-order valence-corrected chi connectivity index (χ0v) is 12.4. The molecule has 0 radical (unpaired) electrons. The highest BCUT2D eigenvalue weighted by Gasteiger charge is 2.20. The molecule has 2 rings (SSSR count). The normalized spacial score (nSPS) is 11.8. The molecule has 110 valence electrons. The van der Waals surface area contributed by atoms with Crippen LogP contribution in [0.15, 0.2) is 42.5 Å². The molecule has 0 aliphatic heterocycles. The second-order valence-corrected chi connectivity index (χ2v) is 4.99. The van der Waals surface area contributed by atoms with Crippen LogP contribution in [0.5, 0.6) is 5.75 Å². The van der Waals surface area contributed by atoms with E-state index in [2.05, 4.69) is 5.32 Å². The molecule has 0 saturated heterocycles. The van der Waals surface area contributed by atoms with E-state index >= 15 is 0 Å². The Morgan fingerprint density at radius 1 is 1.14 bits per heavy atom. The Labute approximate surface area is 124 Å². The molecule has 0 aliphatic carbocycles. The molecule has 0 aromatic heterocycles. The first-order valence-electron chi connectivity index (χ1n) is 6.72. The number of methoxy groups -OCH3 is 1. The zero-order valence-electron chi connectivity index (χ0n) is 12.4. The van der Waals surface area contributed by atoms with Gasteiger partial charge in [-0.2, -0.15) is 0 Å². The van der Waals surface area contributed by atoms with Crippen molar-refractivity contribution in [1.29, 1.82) is 0 Å². The Morgan fingerprint density at radius 3 is 2.52 bits per heavy atom. The van der Waals surface area contributed by atoms with Crippen molar-refractivity contribution in [1.82, 2.24) is 0 Å². The third kappa shape index (κ3) is 3.54. The average Bonchev–Trinajstić information content (AvgIpc) is 2.47. The standard InChI is InChI=1S/C17H19NO3/c1-11-7-8-13(9-12(11)2)16(17(19)20)18-14-5-4-6-15(10-14)21-3/h4-10,16,18H,1-3H3,(H,19,20). The average molecular weight is 285 g/mol. The van der Waals surface area contributed by atoms with Crippen molar-refractivity contribution in [3.63, 3.8) is 0 Å². The van der Waals surface area contributed by atoms with Crippen molar-refractivity contribution in [3.8, 4) is 5.75 Å². The predicted molar refractivity (Wildman–Crippen MR) is 82.9 cm³/mol. The molecule has 0 fully saturated rings. The summed E-state index contributed by atoms with van der Waals surface area (Å²) in [6.45, 7) is 3.98. The Balaban J connectivity index is 2.30. The van der Waals surface area contributed by atoms with Crippen molar-refractivity contribution in [3.05, 3.63) is 59.2 Å². The van der Waals surface area contributed by atoms with Gasteiger partial charge in [0.15, 0.2) is 6.04 Å². The van der Waals surface area contributed by atoms with Crippen molar-refractivity contribution in [2.75, 3.05) is 12.4 Å². The molecule has 0 aliphatic rings. The van der Waals surface area contributed by atoms with E-state index in [0.717, 1.165) is 16.7 Å². The van der Waals surface area contributed by atoms with Crippen LogP contribution >= 0.6 is 0 Å². The lowest BCUT2D eigenvalue weighted by Gasteiger charge is -2.17. The monoisotopic (exact) mass is 285 g/mol. The molecule has 0 amide bonds. The Bertz CT molecular complexity index is 652. The minimum Gasteiger partial charge on any atom is -0.497 e. The van der Waals surface area contributed by atoms with Crippen LogP contribution in [-0.2, 0) is 4.79 Å². The Morgan fingerprint density at radius 2 is 1.90 bits per heavy atom. The van der Waals surface area contributed by atoms with Crippen LogP contribution in [0.4, 0.5) is 5.69 Å². The molecule has 2 aromatic carbocycles. The minimum atomic E-state index is -0.916. The fraction of sp³-hybridized carbons (Fsp3) is 0.235. The highest BCUT2D eigenvalue weighted by atomic mass is 16.5. The summed E-state index contributed by atoms with van der Waals surface area (Å²) >= 11 is 0. The quantitative estimate of drug-likeness (QED) is 0.882. The van der Waals surface area contributed by atoms with Crippen LogP contribution in [0.25, 0.3) is 0 Å². The summed E-state index contributed by atoms with van der Waals surface area (Å²) < 4.78 is 5.15. The van der Waals surface area contributed by atoms with E-state index in [1.165, 1.54) is 0 Å². The Kier molecular flexibility index (Phi) is 4.48. The molecule has 21 heavy (non-hydrogen) atoms. The van der Waals surface area contributed by atoms with Crippen molar-refractivity contribution in [2.24, 2.45) is 0 Å². The molecule has 2 aromatic rings. The highest BCUT2D eigenvalue weighted by molar-refractivity contribution is 5.79. The highest BCUT2D eigenvalue weighted by Crippen LogP contribution is 2.24. The van der Waals surface area contributed by atoms with Crippen LogP contribution in [0, 0.1) is 13.8 Å². The molecule has 2 N–H and O–H groups in total. The lowest BCUT2D eigenvalue weighted by Crippen LogP contribution is -2.20. The largest absolute Gasteiger partial charge is 0.497 e. The number of ether oxygens (including phenoxy) is 1. The number of hydrogen-bond donors (Lipinski definition) is 2. The van der Waals surface area contributed by atoms with Crippen LogP contribution in [0.3, 0.4) is 0 Å². The number of anilines is 1. The number of carboxylic acid groups (broad SMARTS) is 1. The first kappa shape index (κ1) is 14.9. The van der Waals surface area contributed by atoms with Crippen LogP contribution in [0.1, 0.15) is 22.7 Å². The van der Waals surface area contributed by atoms with Crippen LogP contribution < -0.4 is 10.1 Å². The van der Waals surface area contributed by atoms with Crippen LogP contribution in [-0.4, -0.2) is 18.2 Å². The van der Waals surface area contributed by atoms with E-state index in [1.54, 1.807) is 13.2 Å². The molecule has 0 saturated carbocycles. The van der Waals surface area contributed by atoms with Gasteiger partial charge in [-0.25, -0.2) is 4.79 Å². The van der Waals surface area contributed by atoms with Crippen molar-refractivity contribution < 1.29 is 14.6 Å². The SMILES string of the molecule is COc1cccc(NC(C(=O)O)c2ccc(C)c(C)c2)c1. The number of aryl methyl sites for hydroxylation is 2. The van der Waals surface area contributed by atoms with E-state index in [9.17, 15) is 9.90 Å². The summed E-state index contributed by atoms with van der Waals surface area (Å²) in [5, 5.41) is 12.5. The number of carbonyl (C=O) groups is 1. The van der Waals surface area contributed by atoms with Gasteiger partial charge in [0.05, 0.1) is 7.11 Å². The smallest absolute Gasteiger partial charge is 0.330 e. The molecule has 1 atom stereocenters. The summed E-state index contributed by atoms with van der Waals surface area (Å²) in [6.07, 6.45) is 0. The third-order valence-electron chi connectivity index (χ3n) is 3.49. The van der Waals surface area contributed by atoms with Gasteiger partial charge in [-0.15, -0.1) is 0 Å². The van der Waals surface area contributed by atoms with Gasteiger partial charge in [0, 0.05) is 11.8 Å². The van der Waals surface area contributed by atoms with Crippen molar-refractivity contribution >= 4 is 11.7 Å². The number of rotatable bonds is 5. The molecule has 4 heteroatoms. The van der Waals surface area contributed by atoms with Gasteiger partial charge >= 0.3 is 5.97 Å². The summed E-state index contributed by atoms with van der Waals surface area (Å²) in [5.41, 5.74) is 3.66. The van der Waals surface area contributed by atoms with Crippen molar-refractivity contribution in [2.45, 2.75) is 19.9 Å². The number of nitrogens with one attached hydrogen (secondary N) is 1. The summed E-state index contributed by atoms with van der Waals surface area (Å²) in [5.74, 6) is -0.231. The van der Waals surface area contributed by atoms with E-state index < -0.39 is 12.0 Å². The number of aliphatic carboxylic acids is 1. The van der Waals surface area contributed by atoms with Gasteiger partial charge in [-0.3, -0.25) is 0 Å². The predicted octanol–water partition coefficient (Wildman–Crippen LogP) is 3.55. The number of benzene rings is 2. The van der Waals surface area contributed by atoms with Gasteiger partial charge in [0.25, 0.3) is 0 Å². The zero-order chi connectivity index (χ0) is 15.4. The summed E-state index contributed by atoms with van der Waals surface area (Å²) in [6, 6.07) is 12.1. The second-order valence-electron chi connectivity index (χ2n) is 4.99. The van der Waals surface area contributed by atoms with Crippen LogP contribution in [0.2, 0.25) is 0 Å². The second kappa shape index (κ2) is 6.31. The van der Waals surface area contributed by atoms with Gasteiger partial charge in [0.2, 0.25) is 0 Å². The Hall–Kier alpha value is -2.49. The molecular weight excluding hydrogens is 266 g/mol. The van der Waals surface area contributed by atoms with E-state index in [-0.39, 0.29) is 0 Å². The van der Waals surface area contributed by atoms with E-state index in [0.29, 0.717) is 11.4 Å². The van der Waals surface area contributed by atoms with Gasteiger partial charge in [-0.05, 0) is 42.7 Å². The molecule has 4 nitrogen and oxygen atoms in total. The first-order chi connectivity index (χ1) is 10.0. The summed E-state index contributed by atoms with van der Waals surface area (Å²) in [4.78, 5) is 11.6. The molecule has 0 bridgehead atoms. The molecular formula is C17H19NO3. The topological polar surface area (TPSA) is 58.6 Å². The molecule has 0 heterocycles. The lowest BCUT2D eigenvalue weighted by atomic mass is 10.0. The molecule has 1 unspecified atom stereocenters. The maximum absolute atomic E-state index is 11.6. The number of carboxylic acids is 1. The lowest BCUT2D eigenvalue weighted by molar-refractivity contribution is -0.138. The fourth-order valence-electron chi connectivity index (χ4n) is 2.11. The maximum Gasteiger partial charge on any atom is 0.330 e. The molecule has 0 spiro atoms. The maximum atomic E-state index is 11.6. The van der Waals surface area contributed by atoms with E-state index in [1.807, 2.05) is 50.2 Å². The van der Waals surface area contributed by atoms with E-state index in [4.69, 9.17) is 4.74 Å². The summed E-state index contributed by atoms with van der Waals surface area (Å²) in [7, 11) is 1.58. The minimum absolute atomic E-state index is 0.684. The van der Waals surface area contributed by atoms with Gasteiger partial charge in [0.1, 0.15) is 5.75 Å². The fourth-order valence-corrected chi connectivity index (χ4v) is 2.11. The first-order valence-corrected chi connectivity index (χ1v) is 6.72. The number of hydrogen-bond acceptors (Lipinski definition) is 3. The third-order valence-corrected chi connectivity index (χ3v) is 3.49.